The number of esters is 1. The summed E-state index contributed by atoms with van der Waals surface area (Å²) in [5, 5.41) is 3.24. The summed E-state index contributed by atoms with van der Waals surface area (Å²) in [6.07, 6.45) is 4.67. The van der Waals surface area contributed by atoms with Crippen LogP contribution in [0.4, 0.5) is 0 Å². The summed E-state index contributed by atoms with van der Waals surface area (Å²) in [6.45, 7) is 5.24. The van der Waals surface area contributed by atoms with E-state index in [9.17, 15) is 4.79 Å². The molecule has 1 aromatic heterocycles. The number of furan rings is 1. The van der Waals surface area contributed by atoms with Crippen molar-refractivity contribution in [3.05, 3.63) is 23.7 Å². The van der Waals surface area contributed by atoms with Gasteiger partial charge in [-0.2, -0.15) is 0 Å². The van der Waals surface area contributed by atoms with Crippen molar-refractivity contribution in [2.45, 2.75) is 32.7 Å². The highest BCUT2D eigenvalue weighted by Gasteiger charge is 2.09. The van der Waals surface area contributed by atoms with E-state index >= 15 is 0 Å². The zero-order valence-corrected chi connectivity index (χ0v) is 11.7. The average molecular weight is 269 g/mol. The minimum atomic E-state index is -0.376. The van der Waals surface area contributed by atoms with E-state index in [1.807, 2.05) is 0 Å². The van der Waals surface area contributed by atoms with Crippen LogP contribution in [-0.2, 0) is 16.0 Å². The lowest BCUT2D eigenvalue weighted by atomic mass is 10.3. The van der Waals surface area contributed by atoms with E-state index in [-0.39, 0.29) is 5.97 Å². The number of nitrogens with one attached hydrogen (secondary N) is 1. The van der Waals surface area contributed by atoms with Gasteiger partial charge in [0, 0.05) is 13.2 Å². The molecule has 0 amide bonds. The molecule has 0 spiro atoms. The Morgan fingerprint density at radius 1 is 1.37 bits per heavy atom. The smallest absolute Gasteiger partial charge is 0.341 e. The van der Waals surface area contributed by atoms with Gasteiger partial charge >= 0.3 is 5.97 Å². The number of ether oxygens (including phenoxy) is 2. The van der Waals surface area contributed by atoms with Gasteiger partial charge < -0.3 is 19.2 Å². The van der Waals surface area contributed by atoms with Crippen LogP contribution in [0.5, 0.6) is 0 Å². The molecule has 1 N–H and O–H groups in total. The quantitative estimate of drug-likeness (QED) is 0.522. The Hall–Kier alpha value is -1.33. The van der Waals surface area contributed by atoms with E-state index in [0.29, 0.717) is 12.1 Å². The fraction of sp³-hybridized carbons (Fsp3) is 0.643. The van der Waals surface area contributed by atoms with Crippen LogP contribution in [-0.4, -0.2) is 32.8 Å². The summed E-state index contributed by atoms with van der Waals surface area (Å²) in [5.41, 5.74) is 0.446. The first kappa shape index (κ1) is 15.7. The Kier molecular flexibility index (Phi) is 7.93. The number of rotatable bonds is 10. The van der Waals surface area contributed by atoms with Crippen molar-refractivity contribution in [2.24, 2.45) is 0 Å². The summed E-state index contributed by atoms with van der Waals surface area (Å²) >= 11 is 0. The van der Waals surface area contributed by atoms with Gasteiger partial charge in [-0.15, -0.1) is 0 Å². The Bertz CT molecular complexity index is 362. The molecule has 0 fully saturated rings. The molecule has 0 radical (unpaired) electrons. The maximum absolute atomic E-state index is 11.2. The molecule has 0 aliphatic rings. The lowest BCUT2D eigenvalue weighted by Gasteiger charge is -2.04. The monoisotopic (exact) mass is 269 g/mol. The molecule has 0 unspecified atom stereocenters. The predicted molar refractivity (Wildman–Crippen MR) is 72.1 cm³/mol. The van der Waals surface area contributed by atoms with Crippen LogP contribution in [0.25, 0.3) is 0 Å². The molecule has 108 valence electrons. The Morgan fingerprint density at radius 3 is 2.89 bits per heavy atom. The molecule has 1 heterocycles. The van der Waals surface area contributed by atoms with Gasteiger partial charge in [0.1, 0.15) is 12.0 Å². The van der Waals surface area contributed by atoms with Crippen molar-refractivity contribution in [3.63, 3.8) is 0 Å². The molecule has 5 heteroatoms. The number of hydrogen-bond donors (Lipinski definition) is 1. The third-order valence-corrected chi connectivity index (χ3v) is 2.66. The van der Waals surface area contributed by atoms with Crippen molar-refractivity contribution in [1.82, 2.24) is 5.32 Å². The van der Waals surface area contributed by atoms with Crippen LogP contribution in [0.2, 0.25) is 0 Å². The molecule has 0 aliphatic heterocycles. The van der Waals surface area contributed by atoms with Gasteiger partial charge in [0.2, 0.25) is 0 Å². The molecule has 1 rings (SSSR count). The molecular weight excluding hydrogens is 246 g/mol. The van der Waals surface area contributed by atoms with Gasteiger partial charge in [-0.05, 0) is 25.5 Å². The fourth-order valence-electron chi connectivity index (χ4n) is 1.56. The highest BCUT2D eigenvalue weighted by Crippen LogP contribution is 2.08. The SMILES string of the molecule is CCCCOCCCNCc1cc(C(=O)OC)co1. The Balaban J connectivity index is 2.06. The van der Waals surface area contributed by atoms with Crippen LogP contribution in [0, 0.1) is 0 Å². The first-order valence-corrected chi connectivity index (χ1v) is 6.72. The van der Waals surface area contributed by atoms with Crippen molar-refractivity contribution in [3.8, 4) is 0 Å². The van der Waals surface area contributed by atoms with E-state index in [4.69, 9.17) is 9.15 Å². The third kappa shape index (κ3) is 6.40. The Morgan fingerprint density at radius 2 is 2.16 bits per heavy atom. The summed E-state index contributed by atoms with van der Waals surface area (Å²) in [4.78, 5) is 11.2. The highest BCUT2D eigenvalue weighted by molar-refractivity contribution is 5.88. The number of hydrogen-bond acceptors (Lipinski definition) is 5. The molecule has 0 aliphatic carbocycles. The van der Waals surface area contributed by atoms with Gasteiger partial charge in [0.05, 0.1) is 19.2 Å². The molecule has 5 nitrogen and oxygen atoms in total. The maximum atomic E-state index is 11.2. The zero-order valence-electron chi connectivity index (χ0n) is 11.7. The number of methoxy groups -OCH3 is 1. The molecule has 0 bridgehead atoms. The van der Waals surface area contributed by atoms with E-state index < -0.39 is 0 Å². The predicted octanol–water partition coefficient (Wildman–Crippen LogP) is 2.36. The highest BCUT2D eigenvalue weighted by atomic mass is 16.5. The van der Waals surface area contributed by atoms with Crippen LogP contribution in [0.3, 0.4) is 0 Å². The Labute approximate surface area is 114 Å². The van der Waals surface area contributed by atoms with Crippen molar-refractivity contribution in [1.29, 1.82) is 0 Å². The summed E-state index contributed by atoms with van der Waals surface area (Å²) < 4.78 is 15.3. The van der Waals surface area contributed by atoms with Gasteiger partial charge in [-0.25, -0.2) is 4.79 Å². The second-order valence-electron chi connectivity index (χ2n) is 4.29. The van der Waals surface area contributed by atoms with E-state index in [1.54, 1.807) is 6.07 Å². The molecule has 0 saturated carbocycles. The van der Waals surface area contributed by atoms with E-state index in [0.717, 1.165) is 38.4 Å². The number of carbonyl (C=O) groups is 1. The van der Waals surface area contributed by atoms with Gasteiger partial charge in [0.25, 0.3) is 0 Å². The zero-order chi connectivity index (χ0) is 13.9. The number of unbranched alkanes of at least 4 members (excludes halogenated alkanes) is 1. The molecular formula is C14H23NO4. The second kappa shape index (κ2) is 9.58. The molecule has 0 saturated heterocycles. The number of carbonyl (C=O) groups excluding carboxylic acids is 1. The van der Waals surface area contributed by atoms with Crippen LogP contribution in [0.1, 0.15) is 42.3 Å². The summed E-state index contributed by atoms with van der Waals surface area (Å²) in [7, 11) is 1.35. The summed E-state index contributed by atoms with van der Waals surface area (Å²) in [5.74, 6) is 0.353. The minimum absolute atomic E-state index is 0.376. The van der Waals surface area contributed by atoms with E-state index in [2.05, 4.69) is 17.0 Å². The van der Waals surface area contributed by atoms with Gasteiger partial charge in [-0.3, -0.25) is 0 Å². The van der Waals surface area contributed by atoms with Crippen LogP contribution < -0.4 is 5.32 Å². The molecule has 0 aromatic carbocycles. The minimum Gasteiger partial charge on any atom is -0.467 e. The van der Waals surface area contributed by atoms with Crippen LogP contribution in [0.15, 0.2) is 16.7 Å². The molecule has 19 heavy (non-hydrogen) atoms. The van der Waals surface area contributed by atoms with Crippen molar-refractivity contribution in [2.75, 3.05) is 26.9 Å². The topological polar surface area (TPSA) is 60.7 Å². The van der Waals surface area contributed by atoms with Crippen molar-refractivity contribution >= 4 is 5.97 Å². The van der Waals surface area contributed by atoms with E-state index in [1.165, 1.54) is 19.8 Å². The fourth-order valence-corrected chi connectivity index (χ4v) is 1.56. The largest absolute Gasteiger partial charge is 0.467 e. The second-order valence-corrected chi connectivity index (χ2v) is 4.29. The van der Waals surface area contributed by atoms with Crippen LogP contribution >= 0.6 is 0 Å². The molecule has 0 atom stereocenters. The lowest BCUT2D eigenvalue weighted by molar-refractivity contribution is 0.0600. The maximum Gasteiger partial charge on any atom is 0.341 e. The average Bonchev–Trinajstić information content (AvgIpc) is 2.89. The van der Waals surface area contributed by atoms with Crippen molar-refractivity contribution < 1.29 is 18.7 Å². The first-order chi connectivity index (χ1) is 9.27. The van der Waals surface area contributed by atoms with Gasteiger partial charge in [0.15, 0.2) is 0 Å². The van der Waals surface area contributed by atoms with Gasteiger partial charge in [-0.1, -0.05) is 13.3 Å². The third-order valence-electron chi connectivity index (χ3n) is 2.66. The lowest BCUT2D eigenvalue weighted by Crippen LogP contribution is -2.16. The summed E-state index contributed by atoms with van der Waals surface area (Å²) in [6, 6.07) is 1.69. The normalized spacial score (nSPS) is 10.6. The molecule has 1 aromatic rings. The first-order valence-electron chi connectivity index (χ1n) is 6.72. The standard InChI is InChI=1S/C14H23NO4/c1-3-4-7-18-8-5-6-15-10-13-9-12(11-19-13)14(16)17-2/h9,11,15H,3-8,10H2,1-2H3.